The standard InChI is InChI=1S/C15H17BrN2O2/c1-10-3-2-6-17(8-10)9-18-13-5-4-11(16)7-12(13)14(19)15(18)20/h4-5,7,10H,2-3,6,8-9H2,1H3/t10-/m1/s1. The van der Waals surface area contributed by atoms with Crippen LogP contribution in [-0.2, 0) is 4.79 Å². The summed E-state index contributed by atoms with van der Waals surface area (Å²) in [6.07, 6.45) is 2.40. The predicted octanol–water partition coefficient (Wildman–Crippen LogP) is 2.67. The molecule has 2 aliphatic rings. The lowest BCUT2D eigenvalue weighted by Gasteiger charge is -2.33. The van der Waals surface area contributed by atoms with Gasteiger partial charge in [0.15, 0.2) is 0 Å². The highest BCUT2D eigenvalue weighted by atomic mass is 79.9. The number of anilines is 1. The molecule has 106 valence electrons. The number of nitrogens with zero attached hydrogens (tertiary/aromatic N) is 2. The minimum Gasteiger partial charge on any atom is -0.291 e. The molecular formula is C15H17BrN2O2. The van der Waals surface area contributed by atoms with Gasteiger partial charge in [-0.05, 0) is 43.5 Å². The molecule has 1 aromatic carbocycles. The number of halogens is 1. The Kier molecular flexibility index (Phi) is 3.65. The summed E-state index contributed by atoms with van der Waals surface area (Å²) in [4.78, 5) is 28.1. The Morgan fingerprint density at radius 1 is 1.35 bits per heavy atom. The first-order valence-electron chi connectivity index (χ1n) is 6.94. The van der Waals surface area contributed by atoms with Crippen LogP contribution in [0.25, 0.3) is 0 Å². The summed E-state index contributed by atoms with van der Waals surface area (Å²) in [5.74, 6) is -0.149. The lowest BCUT2D eigenvalue weighted by molar-refractivity contribution is -0.114. The fourth-order valence-electron chi connectivity index (χ4n) is 3.03. The number of carbonyl (C=O) groups is 2. The molecule has 0 spiro atoms. The quantitative estimate of drug-likeness (QED) is 0.779. The number of rotatable bonds is 2. The third kappa shape index (κ3) is 2.40. The molecule has 0 bridgehead atoms. The van der Waals surface area contributed by atoms with E-state index in [4.69, 9.17) is 0 Å². The molecule has 1 aromatic rings. The molecule has 0 N–H and O–H groups in total. The Hall–Kier alpha value is -1.20. The van der Waals surface area contributed by atoms with E-state index in [0.717, 1.165) is 29.7 Å². The van der Waals surface area contributed by atoms with Gasteiger partial charge < -0.3 is 0 Å². The van der Waals surface area contributed by atoms with E-state index in [1.807, 2.05) is 12.1 Å². The topological polar surface area (TPSA) is 40.6 Å². The Labute approximate surface area is 126 Å². The van der Waals surface area contributed by atoms with Crippen LogP contribution in [0.4, 0.5) is 5.69 Å². The average Bonchev–Trinajstić information content (AvgIpc) is 2.64. The summed E-state index contributed by atoms with van der Waals surface area (Å²) >= 11 is 3.35. The maximum absolute atomic E-state index is 12.2. The summed E-state index contributed by atoms with van der Waals surface area (Å²) < 4.78 is 0.825. The number of hydrogen-bond acceptors (Lipinski definition) is 3. The number of carbonyl (C=O) groups excluding carboxylic acids is 2. The van der Waals surface area contributed by atoms with Crippen molar-refractivity contribution in [1.82, 2.24) is 4.90 Å². The molecule has 0 unspecified atom stereocenters. The number of fused-ring (bicyclic) bond motifs is 1. The van der Waals surface area contributed by atoms with Crippen LogP contribution < -0.4 is 4.90 Å². The molecule has 0 saturated carbocycles. The number of amides is 1. The van der Waals surface area contributed by atoms with Crippen LogP contribution >= 0.6 is 15.9 Å². The molecule has 1 fully saturated rings. The van der Waals surface area contributed by atoms with Crippen LogP contribution in [0.5, 0.6) is 0 Å². The highest BCUT2D eigenvalue weighted by Gasteiger charge is 2.37. The fourth-order valence-corrected chi connectivity index (χ4v) is 3.39. The summed E-state index contributed by atoms with van der Waals surface area (Å²) in [6, 6.07) is 5.44. The largest absolute Gasteiger partial charge is 0.300 e. The molecule has 3 rings (SSSR count). The number of hydrogen-bond donors (Lipinski definition) is 0. The molecule has 0 aliphatic carbocycles. The number of benzene rings is 1. The maximum atomic E-state index is 12.2. The molecule has 5 heteroatoms. The summed E-state index contributed by atoms with van der Waals surface area (Å²) in [6.45, 7) is 4.73. The van der Waals surface area contributed by atoms with E-state index in [1.165, 1.54) is 6.42 Å². The summed E-state index contributed by atoms with van der Waals surface area (Å²) in [5, 5.41) is 0. The number of ketones is 1. The summed E-state index contributed by atoms with van der Waals surface area (Å²) in [7, 11) is 0. The molecule has 1 atom stereocenters. The highest BCUT2D eigenvalue weighted by Crippen LogP contribution is 2.31. The molecular weight excluding hydrogens is 320 g/mol. The predicted molar refractivity (Wildman–Crippen MR) is 80.8 cm³/mol. The van der Waals surface area contributed by atoms with Crippen LogP contribution in [0.2, 0.25) is 0 Å². The molecule has 1 amide bonds. The van der Waals surface area contributed by atoms with Crippen molar-refractivity contribution in [2.45, 2.75) is 19.8 Å². The van der Waals surface area contributed by atoms with E-state index < -0.39 is 11.7 Å². The molecule has 2 heterocycles. The first kappa shape index (κ1) is 13.8. The van der Waals surface area contributed by atoms with Gasteiger partial charge in [0, 0.05) is 11.0 Å². The van der Waals surface area contributed by atoms with Crippen molar-refractivity contribution in [1.29, 1.82) is 0 Å². The second kappa shape index (κ2) is 5.30. The van der Waals surface area contributed by atoms with Gasteiger partial charge in [-0.25, -0.2) is 0 Å². The zero-order valence-corrected chi connectivity index (χ0v) is 13.0. The normalized spacial score (nSPS) is 23.3. The second-order valence-corrected chi connectivity index (χ2v) is 6.61. The van der Waals surface area contributed by atoms with Crippen molar-refractivity contribution in [2.75, 3.05) is 24.7 Å². The smallest absolute Gasteiger partial charge is 0.291 e. The van der Waals surface area contributed by atoms with Crippen LogP contribution in [0.15, 0.2) is 22.7 Å². The number of Topliss-reactive ketones (excluding diaryl/α,β-unsaturated/α-hetero) is 1. The van der Waals surface area contributed by atoms with Gasteiger partial charge in [-0.15, -0.1) is 0 Å². The van der Waals surface area contributed by atoms with Crippen molar-refractivity contribution in [3.8, 4) is 0 Å². The van der Waals surface area contributed by atoms with E-state index >= 15 is 0 Å². The highest BCUT2D eigenvalue weighted by molar-refractivity contribution is 9.10. The maximum Gasteiger partial charge on any atom is 0.300 e. The number of piperidine rings is 1. The van der Waals surface area contributed by atoms with Crippen molar-refractivity contribution < 1.29 is 9.59 Å². The number of likely N-dealkylation sites (tertiary alicyclic amines) is 1. The van der Waals surface area contributed by atoms with Gasteiger partial charge in [0.05, 0.1) is 17.9 Å². The van der Waals surface area contributed by atoms with Gasteiger partial charge in [0.1, 0.15) is 0 Å². The lowest BCUT2D eigenvalue weighted by atomic mass is 10.0. The van der Waals surface area contributed by atoms with E-state index in [-0.39, 0.29) is 0 Å². The molecule has 20 heavy (non-hydrogen) atoms. The summed E-state index contributed by atoms with van der Waals surface area (Å²) in [5.41, 5.74) is 1.25. The third-order valence-electron chi connectivity index (χ3n) is 4.02. The van der Waals surface area contributed by atoms with Crippen LogP contribution in [0, 0.1) is 5.92 Å². The molecule has 0 radical (unpaired) electrons. The fraction of sp³-hybridized carbons (Fsp3) is 0.467. The Balaban J connectivity index is 1.84. The van der Waals surface area contributed by atoms with Crippen molar-refractivity contribution in [2.24, 2.45) is 5.92 Å². The zero-order valence-electron chi connectivity index (χ0n) is 11.4. The van der Waals surface area contributed by atoms with E-state index in [2.05, 4.69) is 27.8 Å². The van der Waals surface area contributed by atoms with Gasteiger partial charge in [-0.1, -0.05) is 22.9 Å². The van der Waals surface area contributed by atoms with Gasteiger partial charge in [0.2, 0.25) is 0 Å². The molecule has 4 nitrogen and oxygen atoms in total. The monoisotopic (exact) mass is 336 g/mol. The van der Waals surface area contributed by atoms with Crippen LogP contribution in [-0.4, -0.2) is 36.3 Å². The van der Waals surface area contributed by atoms with E-state index in [1.54, 1.807) is 11.0 Å². The lowest BCUT2D eigenvalue weighted by Crippen LogP contribution is -2.44. The molecule has 2 aliphatic heterocycles. The van der Waals surface area contributed by atoms with Crippen LogP contribution in [0.3, 0.4) is 0 Å². The van der Waals surface area contributed by atoms with Gasteiger partial charge in [-0.2, -0.15) is 0 Å². The minimum absolute atomic E-state index is 0.397. The van der Waals surface area contributed by atoms with E-state index in [0.29, 0.717) is 18.2 Å². The second-order valence-electron chi connectivity index (χ2n) is 5.69. The molecule has 0 aromatic heterocycles. The SMILES string of the molecule is C[C@@H]1CCCN(CN2C(=O)C(=O)c3cc(Br)ccc32)C1. The zero-order chi connectivity index (χ0) is 14.3. The van der Waals surface area contributed by atoms with Gasteiger partial charge in [0.25, 0.3) is 5.78 Å². The first-order chi connectivity index (χ1) is 9.56. The Morgan fingerprint density at radius 3 is 2.90 bits per heavy atom. The van der Waals surface area contributed by atoms with Gasteiger partial charge in [-0.3, -0.25) is 19.4 Å². The first-order valence-corrected chi connectivity index (χ1v) is 7.73. The average molecular weight is 337 g/mol. The Bertz CT molecular complexity index is 573. The third-order valence-corrected chi connectivity index (χ3v) is 4.51. The van der Waals surface area contributed by atoms with Crippen LogP contribution in [0.1, 0.15) is 30.1 Å². The van der Waals surface area contributed by atoms with Crippen molar-refractivity contribution >= 4 is 33.3 Å². The van der Waals surface area contributed by atoms with Crippen molar-refractivity contribution in [3.63, 3.8) is 0 Å². The molecule has 1 saturated heterocycles. The van der Waals surface area contributed by atoms with E-state index in [9.17, 15) is 9.59 Å². The van der Waals surface area contributed by atoms with Crippen molar-refractivity contribution in [3.05, 3.63) is 28.2 Å². The Morgan fingerprint density at radius 2 is 2.15 bits per heavy atom. The van der Waals surface area contributed by atoms with Gasteiger partial charge >= 0.3 is 5.91 Å². The minimum atomic E-state index is -0.406.